The minimum absolute atomic E-state index is 0.329. The molecule has 0 spiro atoms. The maximum absolute atomic E-state index is 12.2. The Morgan fingerprint density at radius 2 is 1.76 bits per heavy atom. The molecule has 0 unspecified atom stereocenters. The molecule has 2 nitrogen and oxygen atoms in total. The molecule has 2 aliphatic rings. The molecule has 2 aromatic carbocycles. The van der Waals surface area contributed by atoms with Gasteiger partial charge in [0.25, 0.3) is 0 Å². The molecule has 0 saturated heterocycles. The number of anilines is 1. The summed E-state index contributed by atoms with van der Waals surface area (Å²) in [6.07, 6.45) is 7.86. The van der Waals surface area contributed by atoms with Gasteiger partial charge in [0.1, 0.15) is 0 Å². The lowest BCUT2D eigenvalue weighted by Crippen LogP contribution is -2.21. The number of carbonyl (C=O) groups excluding carboxylic acids is 1. The van der Waals surface area contributed by atoms with Crippen LogP contribution in [0, 0.1) is 5.92 Å². The Morgan fingerprint density at radius 3 is 2.60 bits per heavy atom. The zero-order valence-electron chi connectivity index (χ0n) is 15.6. The maximum Gasteiger partial charge on any atom is 0.163 e. The van der Waals surface area contributed by atoms with Gasteiger partial charge in [-0.1, -0.05) is 44.9 Å². The third-order valence-electron chi connectivity index (χ3n) is 5.96. The molecule has 132 valence electrons. The Bertz CT molecular complexity index is 805. The molecule has 1 aliphatic carbocycles. The SMILES string of the molecule is CC(C)CCCCN1CCc2c1ccc1c3c(ccc21)C(=O)CCC3. The Kier molecular flexibility index (Phi) is 4.54. The van der Waals surface area contributed by atoms with Crippen LogP contribution in [0.3, 0.4) is 0 Å². The maximum atomic E-state index is 12.2. The summed E-state index contributed by atoms with van der Waals surface area (Å²) in [5.41, 5.74) is 5.20. The lowest BCUT2D eigenvalue weighted by atomic mass is 9.85. The van der Waals surface area contributed by atoms with E-state index in [2.05, 4.69) is 43.0 Å². The molecule has 1 heterocycles. The minimum atomic E-state index is 0.329. The molecule has 0 N–H and O–H groups in total. The number of aryl methyl sites for hydroxylation is 1. The molecule has 0 saturated carbocycles. The Balaban J connectivity index is 1.61. The number of rotatable bonds is 5. The van der Waals surface area contributed by atoms with Gasteiger partial charge in [-0.25, -0.2) is 0 Å². The highest BCUT2D eigenvalue weighted by molar-refractivity contribution is 6.05. The lowest BCUT2D eigenvalue weighted by molar-refractivity contribution is 0.0973. The highest BCUT2D eigenvalue weighted by Gasteiger charge is 2.24. The predicted octanol–water partition coefficient (Wildman–Crippen LogP) is 5.55. The van der Waals surface area contributed by atoms with Crippen LogP contribution in [-0.4, -0.2) is 18.9 Å². The van der Waals surface area contributed by atoms with Crippen molar-refractivity contribution < 1.29 is 4.79 Å². The fraction of sp³-hybridized carbons (Fsp3) is 0.522. The van der Waals surface area contributed by atoms with Crippen LogP contribution >= 0.6 is 0 Å². The van der Waals surface area contributed by atoms with Crippen molar-refractivity contribution in [2.24, 2.45) is 5.92 Å². The van der Waals surface area contributed by atoms with Gasteiger partial charge in [-0.15, -0.1) is 0 Å². The molecule has 0 fully saturated rings. The van der Waals surface area contributed by atoms with Crippen LogP contribution in [0.25, 0.3) is 10.8 Å². The fourth-order valence-electron chi connectivity index (χ4n) is 4.62. The quantitative estimate of drug-likeness (QED) is 0.668. The van der Waals surface area contributed by atoms with Crippen LogP contribution in [0.1, 0.15) is 67.4 Å². The number of carbonyl (C=O) groups is 1. The second kappa shape index (κ2) is 6.82. The smallest absolute Gasteiger partial charge is 0.163 e. The van der Waals surface area contributed by atoms with Crippen molar-refractivity contribution in [1.82, 2.24) is 0 Å². The average Bonchev–Trinajstić information content (AvgIpc) is 3.02. The van der Waals surface area contributed by atoms with Crippen molar-refractivity contribution in [3.05, 3.63) is 41.0 Å². The van der Waals surface area contributed by atoms with E-state index in [-0.39, 0.29) is 0 Å². The molecule has 2 aromatic rings. The second-order valence-electron chi connectivity index (χ2n) is 8.15. The van der Waals surface area contributed by atoms with Gasteiger partial charge in [-0.2, -0.15) is 0 Å². The molecule has 1 aliphatic heterocycles. The number of fused-ring (bicyclic) bond motifs is 5. The molecule has 25 heavy (non-hydrogen) atoms. The highest BCUT2D eigenvalue weighted by Crippen LogP contribution is 2.38. The third-order valence-corrected chi connectivity index (χ3v) is 5.96. The first kappa shape index (κ1) is 16.6. The van der Waals surface area contributed by atoms with E-state index in [1.165, 1.54) is 53.4 Å². The van der Waals surface area contributed by atoms with Crippen LogP contribution in [-0.2, 0) is 12.8 Å². The number of nitrogens with zero attached hydrogens (tertiary/aromatic N) is 1. The van der Waals surface area contributed by atoms with Crippen LogP contribution in [0.15, 0.2) is 24.3 Å². The first-order chi connectivity index (χ1) is 12.1. The fourth-order valence-corrected chi connectivity index (χ4v) is 4.62. The summed E-state index contributed by atoms with van der Waals surface area (Å²) in [4.78, 5) is 14.8. The summed E-state index contributed by atoms with van der Waals surface area (Å²) in [7, 11) is 0. The van der Waals surface area contributed by atoms with Gasteiger partial charge in [-0.05, 0) is 59.6 Å². The van der Waals surface area contributed by atoms with E-state index < -0.39 is 0 Å². The molecule has 4 rings (SSSR count). The topological polar surface area (TPSA) is 20.3 Å². The molecule has 0 aromatic heterocycles. The number of ketones is 1. The molecular formula is C23H29NO. The summed E-state index contributed by atoms with van der Waals surface area (Å²) in [6.45, 7) is 6.94. The number of hydrogen-bond acceptors (Lipinski definition) is 2. The van der Waals surface area contributed by atoms with Crippen LogP contribution < -0.4 is 4.90 Å². The van der Waals surface area contributed by atoms with Gasteiger partial charge < -0.3 is 4.90 Å². The molecule has 0 amide bonds. The first-order valence-corrected chi connectivity index (χ1v) is 10.0. The van der Waals surface area contributed by atoms with Gasteiger partial charge in [0, 0.05) is 30.8 Å². The zero-order chi connectivity index (χ0) is 17.4. The van der Waals surface area contributed by atoms with Crippen molar-refractivity contribution >= 4 is 22.2 Å². The molecule has 0 atom stereocenters. The van der Waals surface area contributed by atoms with E-state index in [9.17, 15) is 4.79 Å². The van der Waals surface area contributed by atoms with Gasteiger partial charge in [0.05, 0.1) is 0 Å². The summed E-state index contributed by atoms with van der Waals surface area (Å²) < 4.78 is 0. The molecule has 0 radical (unpaired) electrons. The van der Waals surface area contributed by atoms with Crippen molar-refractivity contribution in [3.63, 3.8) is 0 Å². The molecular weight excluding hydrogens is 306 g/mol. The summed E-state index contributed by atoms with van der Waals surface area (Å²) >= 11 is 0. The zero-order valence-corrected chi connectivity index (χ0v) is 15.6. The highest BCUT2D eigenvalue weighted by atomic mass is 16.1. The molecule has 0 bridgehead atoms. The van der Waals surface area contributed by atoms with E-state index in [0.29, 0.717) is 12.2 Å². The van der Waals surface area contributed by atoms with Crippen molar-refractivity contribution in [3.8, 4) is 0 Å². The average molecular weight is 335 g/mol. The summed E-state index contributed by atoms with van der Waals surface area (Å²) in [5, 5.41) is 2.71. The summed E-state index contributed by atoms with van der Waals surface area (Å²) in [6, 6.07) is 8.88. The van der Waals surface area contributed by atoms with Gasteiger partial charge in [0.2, 0.25) is 0 Å². The Labute approximate surface area is 151 Å². The van der Waals surface area contributed by atoms with E-state index in [0.717, 1.165) is 37.3 Å². The van der Waals surface area contributed by atoms with Crippen LogP contribution in [0.2, 0.25) is 0 Å². The number of unbranched alkanes of at least 4 members (excludes halogenated alkanes) is 1. The summed E-state index contributed by atoms with van der Waals surface area (Å²) in [5.74, 6) is 1.14. The minimum Gasteiger partial charge on any atom is -0.371 e. The standard InChI is InChI=1S/C23H29NO/c1-16(2)6-3-4-14-24-15-13-20-19-9-10-21-17(7-5-8-23(21)25)18(19)11-12-22(20)24/h9-12,16H,3-8,13-15H2,1-2H3. The Hall–Kier alpha value is -1.83. The normalized spacial score (nSPS) is 16.6. The molecule has 2 heteroatoms. The van der Waals surface area contributed by atoms with Gasteiger partial charge in [0.15, 0.2) is 5.78 Å². The van der Waals surface area contributed by atoms with E-state index in [1.807, 2.05) is 0 Å². The van der Waals surface area contributed by atoms with Crippen molar-refractivity contribution in [2.75, 3.05) is 18.0 Å². The number of Topliss-reactive ketones (excluding diaryl/α,β-unsaturated/α-hetero) is 1. The number of benzene rings is 2. The monoisotopic (exact) mass is 335 g/mol. The van der Waals surface area contributed by atoms with E-state index in [1.54, 1.807) is 0 Å². The first-order valence-electron chi connectivity index (χ1n) is 10.0. The van der Waals surface area contributed by atoms with Crippen LogP contribution in [0.5, 0.6) is 0 Å². The Morgan fingerprint density at radius 1 is 0.960 bits per heavy atom. The number of hydrogen-bond donors (Lipinski definition) is 0. The van der Waals surface area contributed by atoms with Gasteiger partial charge >= 0.3 is 0 Å². The predicted molar refractivity (Wildman–Crippen MR) is 106 cm³/mol. The third kappa shape index (κ3) is 3.07. The van der Waals surface area contributed by atoms with E-state index in [4.69, 9.17) is 0 Å². The largest absolute Gasteiger partial charge is 0.371 e. The second-order valence-corrected chi connectivity index (χ2v) is 8.15. The van der Waals surface area contributed by atoms with E-state index >= 15 is 0 Å². The van der Waals surface area contributed by atoms with Crippen molar-refractivity contribution in [2.45, 2.75) is 58.8 Å². The van der Waals surface area contributed by atoms with Gasteiger partial charge in [-0.3, -0.25) is 4.79 Å². The lowest BCUT2D eigenvalue weighted by Gasteiger charge is -2.21. The van der Waals surface area contributed by atoms with Crippen molar-refractivity contribution in [1.29, 1.82) is 0 Å². The van der Waals surface area contributed by atoms with Crippen LogP contribution in [0.4, 0.5) is 5.69 Å².